The van der Waals surface area contributed by atoms with E-state index in [-0.39, 0.29) is 11.9 Å². The first-order chi connectivity index (χ1) is 6.63. The Morgan fingerprint density at radius 2 is 1.64 bits per heavy atom. The zero-order valence-electron chi connectivity index (χ0n) is 9.84. The standard InChI is InChI=1S/C11H25N3/c1-4-6-8-14(9-7-5-2)10(3)11(12)13/h10H,4-9H2,1-3H3,(H3,12,13). The number of rotatable bonds is 8. The van der Waals surface area contributed by atoms with Crippen LogP contribution in [-0.4, -0.2) is 29.9 Å². The molecule has 0 aliphatic rings. The minimum Gasteiger partial charge on any atom is -0.386 e. The minimum absolute atomic E-state index is 0.105. The van der Waals surface area contributed by atoms with Crippen molar-refractivity contribution in [2.24, 2.45) is 5.73 Å². The van der Waals surface area contributed by atoms with Crippen molar-refractivity contribution in [1.29, 1.82) is 5.41 Å². The van der Waals surface area contributed by atoms with E-state index in [0.717, 1.165) is 13.1 Å². The smallest absolute Gasteiger partial charge is 0.108 e. The normalized spacial score (nSPS) is 13.1. The molecule has 14 heavy (non-hydrogen) atoms. The van der Waals surface area contributed by atoms with Gasteiger partial charge in [-0.15, -0.1) is 0 Å². The molecule has 0 bridgehead atoms. The third-order valence-corrected chi connectivity index (χ3v) is 2.60. The second-order valence-electron chi connectivity index (χ2n) is 3.87. The van der Waals surface area contributed by atoms with E-state index in [1.165, 1.54) is 25.7 Å². The van der Waals surface area contributed by atoms with Crippen LogP contribution in [0.2, 0.25) is 0 Å². The maximum Gasteiger partial charge on any atom is 0.108 e. The molecule has 3 nitrogen and oxygen atoms in total. The lowest BCUT2D eigenvalue weighted by Crippen LogP contribution is -2.43. The van der Waals surface area contributed by atoms with Gasteiger partial charge in [-0.25, -0.2) is 0 Å². The zero-order valence-corrected chi connectivity index (χ0v) is 9.84. The molecule has 0 aliphatic carbocycles. The van der Waals surface area contributed by atoms with Gasteiger partial charge in [0.2, 0.25) is 0 Å². The van der Waals surface area contributed by atoms with Gasteiger partial charge in [0.15, 0.2) is 0 Å². The van der Waals surface area contributed by atoms with Gasteiger partial charge in [-0.3, -0.25) is 10.3 Å². The molecular weight excluding hydrogens is 174 g/mol. The molecule has 3 N–H and O–H groups in total. The predicted octanol–water partition coefficient (Wildman–Crippen LogP) is 2.21. The van der Waals surface area contributed by atoms with Crippen LogP contribution < -0.4 is 5.73 Å². The number of unbranched alkanes of at least 4 members (excludes halogenated alkanes) is 2. The molecule has 3 heteroatoms. The number of hydrogen-bond acceptors (Lipinski definition) is 2. The molecule has 0 heterocycles. The Hall–Kier alpha value is -0.570. The minimum atomic E-state index is 0.105. The Kier molecular flexibility index (Phi) is 7.48. The number of nitrogens with two attached hydrogens (primary N) is 1. The topological polar surface area (TPSA) is 53.1 Å². The highest BCUT2D eigenvalue weighted by molar-refractivity contribution is 5.82. The summed E-state index contributed by atoms with van der Waals surface area (Å²) in [6.45, 7) is 8.54. The molecule has 0 rings (SSSR count). The van der Waals surface area contributed by atoms with Gasteiger partial charge in [-0.1, -0.05) is 26.7 Å². The summed E-state index contributed by atoms with van der Waals surface area (Å²) in [5.74, 6) is 0.289. The molecule has 0 spiro atoms. The first-order valence-electron chi connectivity index (χ1n) is 5.71. The molecular formula is C11H25N3. The largest absolute Gasteiger partial charge is 0.386 e. The summed E-state index contributed by atoms with van der Waals surface area (Å²) in [6, 6.07) is 0.105. The summed E-state index contributed by atoms with van der Waals surface area (Å²) in [4.78, 5) is 2.31. The van der Waals surface area contributed by atoms with E-state index < -0.39 is 0 Å². The Bertz CT molecular complexity index is 149. The molecule has 0 aromatic heterocycles. The fourth-order valence-electron chi connectivity index (χ4n) is 1.42. The van der Waals surface area contributed by atoms with Crippen LogP contribution in [0.5, 0.6) is 0 Å². The van der Waals surface area contributed by atoms with Crippen molar-refractivity contribution in [2.45, 2.75) is 52.5 Å². The van der Waals surface area contributed by atoms with Crippen molar-refractivity contribution >= 4 is 5.84 Å². The molecule has 0 saturated carbocycles. The van der Waals surface area contributed by atoms with Gasteiger partial charge >= 0.3 is 0 Å². The average molecular weight is 199 g/mol. The molecule has 0 radical (unpaired) electrons. The van der Waals surface area contributed by atoms with E-state index in [1.54, 1.807) is 0 Å². The second kappa shape index (κ2) is 7.80. The van der Waals surface area contributed by atoms with Gasteiger partial charge in [0, 0.05) is 0 Å². The van der Waals surface area contributed by atoms with E-state index in [1.807, 2.05) is 6.92 Å². The van der Waals surface area contributed by atoms with Crippen LogP contribution in [0.1, 0.15) is 46.5 Å². The van der Waals surface area contributed by atoms with Crippen molar-refractivity contribution in [2.75, 3.05) is 13.1 Å². The molecule has 84 valence electrons. The van der Waals surface area contributed by atoms with Crippen molar-refractivity contribution in [3.8, 4) is 0 Å². The van der Waals surface area contributed by atoms with Crippen LogP contribution in [0, 0.1) is 5.41 Å². The Labute approximate surface area is 88.2 Å². The monoisotopic (exact) mass is 199 g/mol. The summed E-state index contributed by atoms with van der Waals surface area (Å²) in [6.07, 6.45) is 4.79. The molecule has 0 aromatic rings. The van der Waals surface area contributed by atoms with Crippen LogP contribution >= 0.6 is 0 Å². The van der Waals surface area contributed by atoms with Gasteiger partial charge in [0.25, 0.3) is 0 Å². The van der Waals surface area contributed by atoms with Crippen LogP contribution in [0.25, 0.3) is 0 Å². The number of nitrogens with one attached hydrogen (secondary N) is 1. The van der Waals surface area contributed by atoms with Crippen LogP contribution in [-0.2, 0) is 0 Å². The highest BCUT2D eigenvalue weighted by atomic mass is 15.2. The molecule has 1 unspecified atom stereocenters. The highest BCUT2D eigenvalue weighted by Crippen LogP contribution is 2.04. The summed E-state index contributed by atoms with van der Waals surface area (Å²) < 4.78 is 0. The van der Waals surface area contributed by atoms with Gasteiger partial charge in [-0.2, -0.15) is 0 Å². The second-order valence-corrected chi connectivity index (χ2v) is 3.87. The molecule has 0 amide bonds. The van der Waals surface area contributed by atoms with Crippen molar-refractivity contribution in [3.63, 3.8) is 0 Å². The lowest BCUT2D eigenvalue weighted by atomic mass is 10.2. The van der Waals surface area contributed by atoms with E-state index in [9.17, 15) is 0 Å². The lowest BCUT2D eigenvalue weighted by molar-refractivity contribution is 0.244. The van der Waals surface area contributed by atoms with Gasteiger partial charge in [0.1, 0.15) is 5.84 Å². The Morgan fingerprint density at radius 1 is 1.21 bits per heavy atom. The lowest BCUT2D eigenvalue weighted by Gasteiger charge is -2.27. The van der Waals surface area contributed by atoms with Gasteiger partial charge in [0.05, 0.1) is 6.04 Å². The predicted molar refractivity (Wildman–Crippen MR) is 62.8 cm³/mol. The Balaban J connectivity index is 4.01. The number of hydrogen-bond donors (Lipinski definition) is 2. The van der Waals surface area contributed by atoms with Crippen LogP contribution in [0.15, 0.2) is 0 Å². The molecule has 0 aromatic carbocycles. The van der Waals surface area contributed by atoms with E-state index >= 15 is 0 Å². The van der Waals surface area contributed by atoms with E-state index in [4.69, 9.17) is 11.1 Å². The van der Waals surface area contributed by atoms with E-state index in [0.29, 0.717) is 0 Å². The quantitative estimate of drug-likeness (QED) is 0.465. The molecule has 0 fully saturated rings. The fourth-order valence-corrected chi connectivity index (χ4v) is 1.42. The number of amidine groups is 1. The molecule has 0 saturated heterocycles. The fraction of sp³-hybridized carbons (Fsp3) is 0.909. The maximum atomic E-state index is 7.44. The zero-order chi connectivity index (χ0) is 11.0. The summed E-state index contributed by atoms with van der Waals surface area (Å²) in [7, 11) is 0. The average Bonchev–Trinajstić information content (AvgIpc) is 2.17. The third kappa shape index (κ3) is 5.22. The van der Waals surface area contributed by atoms with Crippen LogP contribution in [0.4, 0.5) is 0 Å². The van der Waals surface area contributed by atoms with E-state index in [2.05, 4.69) is 18.7 Å². The first-order valence-corrected chi connectivity index (χ1v) is 5.71. The van der Waals surface area contributed by atoms with Gasteiger partial charge < -0.3 is 5.73 Å². The molecule has 0 aliphatic heterocycles. The van der Waals surface area contributed by atoms with Crippen molar-refractivity contribution in [3.05, 3.63) is 0 Å². The molecule has 1 atom stereocenters. The Morgan fingerprint density at radius 3 is 1.93 bits per heavy atom. The summed E-state index contributed by atoms with van der Waals surface area (Å²) in [5.41, 5.74) is 5.52. The number of nitrogens with zero attached hydrogens (tertiary/aromatic N) is 1. The summed E-state index contributed by atoms with van der Waals surface area (Å²) in [5, 5.41) is 7.44. The summed E-state index contributed by atoms with van der Waals surface area (Å²) >= 11 is 0. The highest BCUT2D eigenvalue weighted by Gasteiger charge is 2.14. The van der Waals surface area contributed by atoms with Gasteiger partial charge in [-0.05, 0) is 32.9 Å². The van der Waals surface area contributed by atoms with Crippen molar-refractivity contribution < 1.29 is 0 Å². The third-order valence-electron chi connectivity index (χ3n) is 2.60. The SMILES string of the molecule is CCCCN(CCCC)C(C)C(=N)N. The van der Waals surface area contributed by atoms with Crippen molar-refractivity contribution in [1.82, 2.24) is 4.90 Å². The maximum absolute atomic E-state index is 7.44. The first kappa shape index (κ1) is 13.4. The van der Waals surface area contributed by atoms with Crippen LogP contribution in [0.3, 0.4) is 0 Å².